The molecule has 1 amide bonds. The number of nitrogens with one attached hydrogen (secondary N) is 1. The van der Waals surface area contributed by atoms with Crippen molar-refractivity contribution in [3.05, 3.63) is 29.8 Å². The van der Waals surface area contributed by atoms with Gasteiger partial charge in [-0.3, -0.25) is 4.79 Å². The Hall–Kier alpha value is -1.89. The van der Waals surface area contributed by atoms with Crippen LogP contribution in [0.25, 0.3) is 0 Å². The third-order valence-electron chi connectivity index (χ3n) is 3.69. The van der Waals surface area contributed by atoms with Gasteiger partial charge in [-0.1, -0.05) is 33.1 Å². The summed E-state index contributed by atoms with van der Waals surface area (Å²) in [5.74, 6) is -1.51. The SMILES string of the molecule is CCCC[C@H](NC(=O)c1ccc(S(=O)(=O)CCCC)cc1)C(=O)O. The van der Waals surface area contributed by atoms with Crippen molar-refractivity contribution in [1.29, 1.82) is 0 Å². The zero-order valence-corrected chi connectivity index (χ0v) is 14.9. The van der Waals surface area contributed by atoms with Crippen LogP contribution >= 0.6 is 0 Å². The summed E-state index contributed by atoms with van der Waals surface area (Å²) in [6, 6.07) is 4.66. The number of hydrogen-bond donors (Lipinski definition) is 2. The maximum atomic E-state index is 12.1. The van der Waals surface area contributed by atoms with Gasteiger partial charge >= 0.3 is 5.97 Å². The normalized spacial score (nSPS) is 12.6. The first-order chi connectivity index (χ1) is 11.3. The molecule has 2 N–H and O–H groups in total. The van der Waals surface area contributed by atoms with E-state index in [4.69, 9.17) is 5.11 Å². The molecule has 0 saturated heterocycles. The molecule has 7 heteroatoms. The molecule has 1 aromatic rings. The van der Waals surface area contributed by atoms with E-state index in [-0.39, 0.29) is 16.2 Å². The van der Waals surface area contributed by atoms with Crippen molar-refractivity contribution in [2.24, 2.45) is 0 Å². The van der Waals surface area contributed by atoms with E-state index in [1.54, 1.807) is 0 Å². The second kappa shape index (κ2) is 9.42. The van der Waals surface area contributed by atoms with Crippen molar-refractivity contribution >= 4 is 21.7 Å². The molecule has 0 heterocycles. The van der Waals surface area contributed by atoms with E-state index in [0.717, 1.165) is 12.8 Å². The highest BCUT2D eigenvalue weighted by Crippen LogP contribution is 2.14. The van der Waals surface area contributed by atoms with Crippen LogP contribution in [-0.2, 0) is 14.6 Å². The second-order valence-corrected chi connectivity index (χ2v) is 7.81. The summed E-state index contributed by atoms with van der Waals surface area (Å²) in [6.07, 6.45) is 3.27. The van der Waals surface area contributed by atoms with Gasteiger partial charge in [0.25, 0.3) is 5.91 Å². The Bertz CT molecular complexity index is 652. The van der Waals surface area contributed by atoms with Crippen molar-refractivity contribution < 1.29 is 23.1 Å². The topological polar surface area (TPSA) is 101 Å². The average molecular weight is 355 g/mol. The molecule has 6 nitrogen and oxygen atoms in total. The number of benzene rings is 1. The Labute approximate surface area is 143 Å². The Morgan fingerprint density at radius 1 is 1.08 bits per heavy atom. The lowest BCUT2D eigenvalue weighted by Crippen LogP contribution is -2.40. The molecule has 24 heavy (non-hydrogen) atoms. The summed E-state index contributed by atoms with van der Waals surface area (Å²) >= 11 is 0. The highest BCUT2D eigenvalue weighted by molar-refractivity contribution is 7.91. The Morgan fingerprint density at radius 3 is 2.17 bits per heavy atom. The summed E-state index contributed by atoms with van der Waals surface area (Å²) in [4.78, 5) is 23.5. The fraction of sp³-hybridized carbons (Fsp3) is 0.529. The summed E-state index contributed by atoms with van der Waals surface area (Å²) in [6.45, 7) is 3.86. The first-order valence-corrected chi connectivity index (χ1v) is 9.83. The number of sulfone groups is 1. The van der Waals surface area contributed by atoms with Gasteiger partial charge in [0.1, 0.15) is 6.04 Å². The minimum absolute atomic E-state index is 0.0765. The molecule has 134 valence electrons. The number of hydrogen-bond acceptors (Lipinski definition) is 4. The quantitative estimate of drug-likeness (QED) is 0.672. The van der Waals surface area contributed by atoms with Gasteiger partial charge in [0.15, 0.2) is 9.84 Å². The van der Waals surface area contributed by atoms with E-state index in [1.807, 2.05) is 13.8 Å². The molecule has 1 aromatic carbocycles. The van der Waals surface area contributed by atoms with E-state index >= 15 is 0 Å². The van der Waals surface area contributed by atoms with Crippen LogP contribution < -0.4 is 5.32 Å². The van der Waals surface area contributed by atoms with Gasteiger partial charge in [-0.15, -0.1) is 0 Å². The van der Waals surface area contributed by atoms with Gasteiger partial charge in [0, 0.05) is 5.56 Å². The number of carboxylic acids is 1. The number of aliphatic carboxylic acids is 1. The standard InChI is InChI=1S/C17H25NO5S/c1-3-5-7-15(17(20)21)18-16(19)13-8-10-14(11-9-13)24(22,23)12-6-4-2/h8-11,15H,3-7,12H2,1-2H3,(H,18,19)(H,20,21)/t15-/m0/s1. The van der Waals surface area contributed by atoms with Gasteiger partial charge in [-0.05, 0) is 37.1 Å². The fourth-order valence-corrected chi connectivity index (χ4v) is 3.63. The largest absolute Gasteiger partial charge is 0.480 e. The molecule has 0 aromatic heterocycles. The van der Waals surface area contributed by atoms with Crippen molar-refractivity contribution in [1.82, 2.24) is 5.32 Å². The lowest BCUT2D eigenvalue weighted by molar-refractivity contribution is -0.139. The molecule has 0 saturated carbocycles. The molecule has 0 aliphatic rings. The monoisotopic (exact) mass is 355 g/mol. The van der Waals surface area contributed by atoms with Crippen LogP contribution in [0.3, 0.4) is 0 Å². The van der Waals surface area contributed by atoms with Gasteiger partial charge < -0.3 is 10.4 Å². The first kappa shape index (κ1) is 20.2. The van der Waals surface area contributed by atoms with Crippen LogP contribution in [0.1, 0.15) is 56.3 Å². The maximum absolute atomic E-state index is 12.1. The molecule has 1 atom stereocenters. The van der Waals surface area contributed by atoms with Crippen LogP contribution in [0.2, 0.25) is 0 Å². The molecular formula is C17H25NO5S. The Kier molecular flexibility index (Phi) is 7.91. The average Bonchev–Trinajstić information content (AvgIpc) is 2.56. The number of unbranched alkanes of at least 4 members (excludes halogenated alkanes) is 2. The predicted molar refractivity (Wildman–Crippen MR) is 91.8 cm³/mol. The summed E-state index contributed by atoms with van der Waals surface area (Å²) in [5.41, 5.74) is 0.243. The van der Waals surface area contributed by atoms with Crippen LogP contribution in [0.15, 0.2) is 29.2 Å². The van der Waals surface area contributed by atoms with E-state index in [0.29, 0.717) is 19.3 Å². The van der Waals surface area contributed by atoms with Crippen LogP contribution in [-0.4, -0.2) is 37.2 Å². The molecule has 0 spiro atoms. The van der Waals surface area contributed by atoms with E-state index in [9.17, 15) is 18.0 Å². The highest BCUT2D eigenvalue weighted by atomic mass is 32.2. The lowest BCUT2D eigenvalue weighted by atomic mass is 10.1. The van der Waals surface area contributed by atoms with Gasteiger partial charge in [-0.25, -0.2) is 13.2 Å². The van der Waals surface area contributed by atoms with E-state index in [1.165, 1.54) is 24.3 Å². The van der Waals surface area contributed by atoms with Gasteiger partial charge in [0.2, 0.25) is 0 Å². The molecule has 0 aliphatic carbocycles. The third kappa shape index (κ3) is 5.96. The van der Waals surface area contributed by atoms with Crippen molar-refractivity contribution in [3.8, 4) is 0 Å². The molecule has 0 unspecified atom stereocenters. The van der Waals surface area contributed by atoms with Crippen LogP contribution in [0.5, 0.6) is 0 Å². The summed E-state index contributed by atoms with van der Waals surface area (Å²) in [7, 11) is -3.34. The first-order valence-electron chi connectivity index (χ1n) is 8.18. The molecule has 1 rings (SSSR count). The zero-order valence-electron chi connectivity index (χ0n) is 14.1. The van der Waals surface area contributed by atoms with Gasteiger partial charge in [0.05, 0.1) is 10.6 Å². The summed E-state index contributed by atoms with van der Waals surface area (Å²) < 4.78 is 24.2. The number of carboxylic acid groups (broad SMARTS) is 1. The minimum Gasteiger partial charge on any atom is -0.480 e. The second-order valence-electron chi connectivity index (χ2n) is 5.70. The Balaban J connectivity index is 2.81. The third-order valence-corrected chi connectivity index (χ3v) is 5.51. The van der Waals surface area contributed by atoms with Crippen molar-refractivity contribution in [3.63, 3.8) is 0 Å². The van der Waals surface area contributed by atoms with E-state index < -0.39 is 27.8 Å². The minimum atomic E-state index is -3.34. The molecule has 0 radical (unpaired) electrons. The molecular weight excluding hydrogens is 330 g/mol. The van der Waals surface area contributed by atoms with Gasteiger partial charge in [-0.2, -0.15) is 0 Å². The zero-order chi connectivity index (χ0) is 18.2. The molecule has 0 aliphatic heterocycles. The predicted octanol–water partition coefficient (Wildman–Crippen LogP) is 2.63. The maximum Gasteiger partial charge on any atom is 0.326 e. The van der Waals surface area contributed by atoms with E-state index in [2.05, 4.69) is 5.32 Å². The lowest BCUT2D eigenvalue weighted by Gasteiger charge is -2.14. The molecule has 0 bridgehead atoms. The van der Waals surface area contributed by atoms with Crippen LogP contribution in [0, 0.1) is 0 Å². The summed E-state index contributed by atoms with van der Waals surface area (Å²) in [5, 5.41) is 11.6. The van der Waals surface area contributed by atoms with Crippen LogP contribution in [0.4, 0.5) is 0 Å². The number of amides is 1. The van der Waals surface area contributed by atoms with Crippen molar-refractivity contribution in [2.45, 2.75) is 56.9 Å². The smallest absolute Gasteiger partial charge is 0.326 e. The highest BCUT2D eigenvalue weighted by Gasteiger charge is 2.20. The number of carbonyl (C=O) groups is 2. The van der Waals surface area contributed by atoms with Crippen molar-refractivity contribution in [2.75, 3.05) is 5.75 Å². The number of carbonyl (C=O) groups excluding carboxylic acids is 1. The number of rotatable bonds is 10. The molecule has 0 fully saturated rings. The fourth-order valence-electron chi connectivity index (χ4n) is 2.17. The Morgan fingerprint density at radius 2 is 1.67 bits per heavy atom.